The van der Waals surface area contributed by atoms with E-state index in [1.807, 2.05) is 0 Å². The van der Waals surface area contributed by atoms with E-state index in [4.69, 9.17) is 4.74 Å². The first-order valence-corrected chi connectivity index (χ1v) is 15.9. The Kier molecular flexibility index (Phi) is 27.6. The fraction of sp³-hybridized carbons (Fsp3) is 0.938. The maximum absolute atomic E-state index is 5.99. The lowest BCUT2D eigenvalue weighted by molar-refractivity contribution is 0.166. The number of hydrogen-bond acceptors (Lipinski definition) is 3. The molecule has 0 rings (SSSR count). The van der Waals surface area contributed by atoms with E-state index in [9.17, 15) is 0 Å². The van der Waals surface area contributed by atoms with E-state index < -0.39 is 0 Å². The molecule has 0 saturated carbocycles. The highest BCUT2D eigenvalue weighted by atomic mass is 16.5. The summed E-state index contributed by atoms with van der Waals surface area (Å²) in [5.41, 5.74) is 0. The fourth-order valence-corrected chi connectivity index (χ4v) is 4.95. The highest BCUT2D eigenvalue weighted by Gasteiger charge is 2.11. The van der Waals surface area contributed by atoms with Crippen molar-refractivity contribution in [2.75, 3.05) is 39.8 Å². The van der Waals surface area contributed by atoms with E-state index in [1.54, 1.807) is 0 Å². The summed E-state index contributed by atoms with van der Waals surface area (Å²) in [6.07, 6.45) is 27.0. The van der Waals surface area contributed by atoms with E-state index in [0.29, 0.717) is 5.92 Å². The van der Waals surface area contributed by atoms with Crippen LogP contribution in [0.4, 0.5) is 0 Å². The third kappa shape index (κ3) is 23.6. The molecule has 0 aromatic rings. The summed E-state index contributed by atoms with van der Waals surface area (Å²) in [5, 5.41) is 3.33. The van der Waals surface area contributed by atoms with E-state index in [1.165, 1.54) is 142 Å². The molecule has 0 aliphatic carbocycles. The Balaban J connectivity index is 3.64. The van der Waals surface area contributed by atoms with Gasteiger partial charge >= 0.3 is 0 Å². The molecule has 0 bridgehead atoms. The quantitative estimate of drug-likeness (QED) is 0.0827. The van der Waals surface area contributed by atoms with Crippen molar-refractivity contribution in [1.29, 1.82) is 0 Å². The zero-order chi connectivity index (χ0) is 25.8. The smallest absolute Gasteiger partial charge is 0.0918 e. The third-order valence-electron chi connectivity index (χ3n) is 7.52. The second-order valence-corrected chi connectivity index (χ2v) is 10.8. The van der Waals surface area contributed by atoms with Crippen LogP contribution < -0.4 is 5.32 Å². The Morgan fingerprint density at radius 1 is 0.657 bits per heavy atom. The number of allylic oxidation sites excluding steroid dienone is 1. The highest BCUT2D eigenvalue weighted by molar-refractivity contribution is 4.90. The van der Waals surface area contributed by atoms with Crippen LogP contribution in [0.2, 0.25) is 0 Å². The molecule has 1 N–H and O–H groups in total. The molecule has 1 unspecified atom stereocenters. The van der Waals surface area contributed by atoms with Crippen molar-refractivity contribution < 1.29 is 4.74 Å². The van der Waals surface area contributed by atoms with Crippen molar-refractivity contribution in [2.45, 2.75) is 149 Å². The first-order valence-electron chi connectivity index (χ1n) is 15.9. The molecular formula is C32H66N2O. The standard InChI is InChI=1S/C32H66N2O/c1-6-9-11-12-15-18-22-27-34(29-26-33-5)28-23-19-16-13-14-17-20-24-30-35-31(4)32(8-3)25-21-10-7-2/h32-33H,4,6-30H2,1-3,5H3. The molecular weight excluding hydrogens is 428 g/mol. The molecule has 35 heavy (non-hydrogen) atoms. The first kappa shape index (κ1) is 34.5. The van der Waals surface area contributed by atoms with Crippen molar-refractivity contribution in [3.05, 3.63) is 12.3 Å². The van der Waals surface area contributed by atoms with Gasteiger partial charge in [-0.1, -0.05) is 124 Å². The molecule has 0 saturated heterocycles. The second-order valence-electron chi connectivity index (χ2n) is 10.8. The lowest BCUT2D eigenvalue weighted by Gasteiger charge is -2.22. The van der Waals surface area contributed by atoms with E-state index >= 15 is 0 Å². The van der Waals surface area contributed by atoms with Crippen LogP contribution in [0, 0.1) is 5.92 Å². The third-order valence-corrected chi connectivity index (χ3v) is 7.52. The van der Waals surface area contributed by atoms with Gasteiger partial charge in [0.2, 0.25) is 0 Å². The summed E-state index contributed by atoms with van der Waals surface area (Å²) in [6.45, 7) is 16.8. The molecule has 3 heteroatoms. The van der Waals surface area contributed by atoms with Gasteiger partial charge in [-0.3, -0.25) is 0 Å². The monoisotopic (exact) mass is 495 g/mol. The van der Waals surface area contributed by atoms with Crippen LogP contribution in [0.1, 0.15) is 149 Å². The van der Waals surface area contributed by atoms with Gasteiger partial charge in [-0.15, -0.1) is 0 Å². The van der Waals surface area contributed by atoms with Gasteiger partial charge in [0.25, 0.3) is 0 Å². The number of nitrogens with zero attached hydrogens (tertiary/aromatic N) is 1. The first-order chi connectivity index (χ1) is 17.2. The molecule has 0 radical (unpaired) electrons. The molecule has 0 amide bonds. The van der Waals surface area contributed by atoms with Crippen molar-refractivity contribution in [3.8, 4) is 0 Å². The predicted molar refractivity (Wildman–Crippen MR) is 158 cm³/mol. The maximum atomic E-state index is 5.99. The number of unbranched alkanes of at least 4 members (excludes halogenated alkanes) is 15. The van der Waals surface area contributed by atoms with Gasteiger partial charge < -0.3 is 15.0 Å². The topological polar surface area (TPSA) is 24.5 Å². The van der Waals surface area contributed by atoms with Gasteiger partial charge in [-0.2, -0.15) is 0 Å². The maximum Gasteiger partial charge on any atom is 0.0918 e. The minimum atomic E-state index is 0.561. The van der Waals surface area contributed by atoms with Gasteiger partial charge in [0.05, 0.1) is 12.4 Å². The lowest BCUT2D eigenvalue weighted by Crippen LogP contribution is -2.32. The molecule has 210 valence electrons. The highest BCUT2D eigenvalue weighted by Crippen LogP contribution is 2.22. The number of nitrogens with one attached hydrogen (secondary N) is 1. The number of rotatable bonds is 29. The summed E-state index contributed by atoms with van der Waals surface area (Å²) in [6, 6.07) is 0. The van der Waals surface area contributed by atoms with Crippen LogP contribution in [-0.4, -0.2) is 44.7 Å². The minimum absolute atomic E-state index is 0.561. The molecule has 0 spiro atoms. The molecule has 0 aromatic carbocycles. The Hall–Kier alpha value is -0.540. The van der Waals surface area contributed by atoms with Crippen molar-refractivity contribution in [2.24, 2.45) is 5.92 Å². The molecule has 3 nitrogen and oxygen atoms in total. The summed E-state index contributed by atoms with van der Waals surface area (Å²) in [5.74, 6) is 1.60. The average molecular weight is 495 g/mol. The Bertz CT molecular complexity index is 426. The SMILES string of the molecule is C=C(OCCCCCCCCCCN(CCCCCCCCC)CCNC)C(CC)CCCCC. The zero-order valence-corrected chi connectivity index (χ0v) is 24.8. The van der Waals surface area contributed by atoms with Crippen LogP contribution in [0.25, 0.3) is 0 Å². The molecule has 0 aliphatic rings. The Labute approximate surface area is 222 Å². The number of hydrogen-bond donors (Lipinski definition) is 1. The summed E-state index contributed by atoms with van der Waals surface area (Å²) in [7, 11) is 2.07. The van der Waals surface area contributed by atoms with Gasteiger partial charge in [-0.05, 0) is 52.2 Å². The van der Waals surface area contributed by atoms with Gasteiger partial charge in [-0.25, -0.2) is 0 Å². The van der Waals surface area contributed by atoms with Crippen LogP contribution >= 0.6 is 0 Å². The predicted octanol–water partition coefficient (Wildman–Crippen LogP) is 9.52. The molecule has 1 atom stereocenters. The molecule has 0 aromatic heterocycles. The molecule has 0 fully saturated rings. The normalized spacial score (nSPS) is 12.4. The molecule has 0 heterocycles. The van der Waals surface area contributed by atoms with Gasteiger partial charge in [0.15, 0.2) is 0 Å². The van der Waals surface area contributed by atoms with Crippen LogP contribution in [0.3, 0.4) is 0 Å². The van der Waals surface area contributed by atoms with Gasteiger partial charge in [0.1, 0.15) is 0 Å². The average Bonchev–Trinajstić information content (AvgIpc) is 2.87. The van der Waals surface area contributed by atoms with E-state index in [-0.39, 0.29) is 0 Å². The van der Waals surface area contributed by atoms with Crippen molar-refractivity contribution in [3.63, 3.8) is 0 Å². The Morgan fingerprint density at radius 2 is 1.14 bits per heavy atom. The van der Waals surface area contributed by atoms with Crippen LogP contribution in [0.15, 0.2) is 12.3 Å². The largest absolute Gasteiger partial charge is 0.498 e. The fourth-order valence-electron chi connectivity index (χ4n) is 4.95. The van der Waals surface area contributed by atoms with Crippen molar-refractivity contribution >= 4 is 0 Å². The van der Waals surface area contributed by atoms with Crippen LogP contribution in [0.5, 0.6) is 0 Å². The van der Waals surface area contributed by atoms with E-state index in [0.717, 1.165) is 25.3 Å². The van der Waals surface area contributed by atoms with Gasteiger partial charge in [0, 0.05) is 19.0 Å². The summed E-state index contributed by atoms with van der Waals surface area (Å²) < 4.78 is 5.99. The summed E-state index contributed by atoms with van der Waals surface area (Å²) in [4.78, 5) is 2.70. The second kappa shape index (κ2) is 28.0. The number of likely N-dealkylation sites (N-methyl/N-ethyl adjacent to an activating group) is 1. The molecule has 0 aliphatic heterocycles. The Morgan fingerprint density at radius 3 is 1.66 bits per heavy atom. The number of ether oxygens (including phenoxy) is 1. The van der Waals surface area contributed by atoms with E-state index in [2.05, 4.69) is 44.6 Å². The minimum Gasteiger partial charge on any atom is -0.498 e. The zero-order valence-electron chi connectivity index (χ0n) is 24.8. The van der Waals surface area contributed by atoms with Crippen LogP contribution in [-0.2, 0) is 4.74 Å². The van der Waals surface area contributed by atoms with Crippen molar-refractivity contribution in [1.82, 2.24) is 10.2 Å². The summed E-state index contributed by atoms with van der Waals surface area (Å²) >= 11 is 0. The lowest BCUT2D eigenvalue weighted by atomic mass is 9.97.